The number of amides is 1. The molecule has 1 aromatic rings. The van der Waals surface area contributed by atoms with Gasteiger partial charge in [-0.1, -0.05) is 30.3 Å². The summed E-state index contributed by atoms with van der Waals surface area (Å²) in [5.41, 5.74) is 0.573. The van der Waals surface area contributed by atoms with Crippen LogP contribution in [-0.4, -0.2) is 40.9 Å². The molecule has 0 bridgehead atoms. The molecule has 1 fully saturated rings. The molecular weight excluding hydrogens is 254 g/mol. The fourth-order valence-corrected chi connectivity index (χ4v) is 2.46. The molecular formula is C16H23NO3. The van der Waals surface area contributed by atoms with Gasteiger partial charge in [-0.25, -0.2) is 4.79 Å². The van der Waals surface area contributed by atoms with E-state index in [2.05, 4.69) is 0 Å². The molecule has 110 valence electrons. The molecule has 0 aromatic heterocycles. The van der Waals surface area contributed by atoms with Crippen molar-refractivity contribution in [2.24, 2.45) is 0 Å². The van der Waals surface area contributed by atoms with E-state index in [-0.39, 0.29) is 12.0 Å². The van der Waals surface area contributed by atoms with E-state index in [0.29, 0.717) is 19.5 Å². The van der Waals surface area contributed by atoms with Crippen LogP contribution in [0.2, 0.25) is 0 Å². The fourth-order valence-electron chi connectivity index (χ4n) is 2.46. The van der Waals surface area contributed by atoms with Crippen LogP contribution in [0.25, 0.3) is 0 Å². The molecule has 1 unspecified atom stereocenters. The quantitative estimate of drug-likeness (QED) is 0.858. The first-order valence-corrected chi connectivity index (χ1v) is 7.08. The summed E-state index contributed by atoms with van der Waals surface area (Å²) >= 11 is 0. The van der Waals surface area contributed by atoms with Gasteiger partial charge >= 0.3 is 6.09 Å². The molecule has 1 heterocycles. The minimum Gasteiger partial charge on any atom is -0.444 e. The number of ether oxygens (including phenoxy) is 1. The molecule has 0 aliphatic carbocycles. The van der Waals surface area contributed by atoms with Gasteiger partial charge in [-0.05, 0) is 32.8 Å². The van der Waals surface area contributed by atoms with Crippen LogP contribution in [0.15, 0.2) is 30.3 Å². The van der Waals surface area contributed by atoms with Crippen LogP contribution in [0.4, 0.5) is 4.79 Å². The summed E-state index contributed by atoms with van der Waals surface area (Å²) in [6.45, 7) is 6.62. The maximum atomic E-state index is 12.1. The topological polar surface area (TPSA) is 49.8 Å². The number of aliphatic hydroxyl groups excluding tert-OH is 1. The number of carbonyl (C=O) groups is 1. The standard InChI is InChI=1S/C16H23NO3/c1-16(2,3)20-15(19)17-10-9-14(18)13(11-17)12-7-5-4-6-8-12/h4-8,13-14,18H,9-11H2,1-3H3/t13-,14?/m0/s1. The van der Waals surface area contributed by atoms with Crippen molar-refractivity contribution < 1.29 is 14.6 Å². The van der Waals surface area contributed by atoms with Gasteiger partial charge in [0.25, 0.3) is 0 Å². The van der Waals surface area contributed by atoms with E-state index >= 15 is 0 Å². The molecule has 2 rings (SSSR count). The lowest BCUT2D eigenvalue weighted by Crippen LogP contribution is -2.46. The molecule has 1 amide bonds. The van der Waals surface area contributed by atoms with E-state index in [1.165, 1.54) is 0 Å². The lowest BCUT2D eigenvalue weighted by molar-refractivity contribution is 0.00407. The predicted molar refractivity (Wildman–Crippen MR) is 77.6 cm³/mol. The van der Waals surface area contributed by atoms with Crippen LogP contribution in [0.3, 0.4) is 0 Å². The second kappa shape index (κ2) is 5.83. The SMILES string of the molecule is CC(C)(C)OC(=O)N1CCC(O)[C@H](c2ccccc2)C1. The van der Waals surface area contributed by atoms with Crippen molar-refractivity contribution in [3.8, 4) is 0 Å². The van der Waals surface area contributed by atoms with E-state index in [0.717, 1.165) is 5.56 Å². The molecule has 20 heavy (non-hydrogen) atoms. The number of carbonyl (C=O) groups excluding carboxylic acids is 1. The lowest BCUT2D eigenvalue weighted by Gasteiger charge is -2.37. The Morgan fingerprint density at radius 3 is 2.55 bits per heavy atom. The number of aliphatic hydroxyl groups is 1. The Kier molecular flexibility index (Phi) is 4.33. The third kappa shape index (κ3) is 3.73. The largest absolute Gasteiger partial charge is 0.444 e. The highest BCUT2D eigenvalue weighted by atomic mass is 16.6. The Hall–Kier alpha value is -1.55. The summed E-state index contributed by atoms with van der Waals surface area (Å²) in [4.78, 5) is 13.8. The Balaban J connectivity index is 2.07. The minimum atomic E-state index is -0.491. The average molecular weight is 277 g/mol. The number of likely N-dealkylation sites (tertiary alicyclic amines) is 1. The van der Waals surface area contributed by atoms with Crippen molar-refractivity contribution >= 4 is 6.09 Å². The summed E-state index contributed by atoms with van der Waals surface area (Å²) in [6, 6.07) is 9.84. The Morgan fingerprint density at radius 2 is 1.95 bits per heavy atom. The van der Waals surface area contributed by atoms with Gasteiger partial charge in [0.05, 0.1) is 6.10 Å². The van der Waals surface area contributed by atoms with Crippen LogP contribution in [0, 0.1) is 0 Å². The Bertz CT molecular complexity index is 453. The molecule has 1 saturated heterocycles. The predicted octanol–water partition coefficient (Wildman–Crippen LogP) is 2.77. The first-order chi connectivity index (χ1) is 9.37. The van der Waals surface area contributed by atoms with Gasteiger partial charge in [0, 0.05) is 19.0 Å². The zero-order valence-corrected chi connectivity index (χ0v) is 12.4. The molecule has 4 nitrogen and oxygen atoms in total. The zero-order valence-electron chi connectivity index (χ0n) is 12.4. The number of piperidine rings is 1. The van der Waals surface area contributed by atoms with Gasteiger partial charge in [-0.2, -0.15) is 0 Å². The highest BCUT2D eigenvalue weighted by Gasteiger charge is 2.33. The van der Waals surface area contributed by atoms with Gasteiger partial charge in [-0.3, -0.25) is 0 Å². The van der Waals surface area contributed by atoms with Crippen molar-refractivity contribution in [2.75, 3.05) is 13.1 Å². The molecule has 0 saturated carbocycles. The van der Waals surface area contributed by atoms with Gasteiger partial charge in [0.1, 0.15) is 5.60 Å². The number of rotatable bonds is 1. The van der Waals surface area contributed by atoms with Gasteiger partial charge < -0.3 is 14.7 Å². The zero-order chi connectivity index (χ0) is 14.8. The number of hydrogen-bond donors (Lipinski definition) is 1. The third-order valence-corrected chi connectivity index (χ3v) is 3.46. The molecule has 4 heteroatoms. The van der Waals surface area contributed by atoms with Crippen LogP contribution in [0.5, 0.6) is 0 Å². The summed E-state index contributed by atoms with van der Waals surface area (Å²) in [5, 5.41) is 10.2. The van der Waals surface area contributed by atoms with Crippen molar-refractivity contribution in [2.45, 2.75) is 44.8 Å². The minimum absolute atomic E-state index is 0.0440. The molecule has 1 aromatic carbocycles. The number of nitrogens with zero attached hydrogens (tertiary/aromatic N) is 1. The average Bonchev–Trinajstić information content (AvgIpc) is 2.38. The van der Waals surface area contributed by atoms with Gasteiger partial charge in [0.15, 0.2) is 0 Å². The van der Waals surface area contributed by atoms with Gasteiger partial charge in [0.2, 0.25) is 0 Å². The van der Waals surface area contributed by atoms with Crippen LogP contribution < -0.4 is 0 Å². The van der Waals surface area contributed by atoms with E-state index < -0.39 is 11.7 Å². The van der Waals surface area contributed by atoms with Gasteiger partial charge in [-0.15, -0.1) is 0 Å². The number of hydrogen-bond acceptors (Lipinski definition) is 3. The smallest absolute Gasteiger partial charge is 0.410 e. The molecule has 1 aliphatic heterocycles. The number of benzene rings is 1. The second-order valence-electron chi connectivity index (χ2n) is 6.30. The third-order valence-electron chi connectivity index (χ3n) is 3.46. The monoisotopic (exact) mass is 277 g/mol. The first-order valence-electron chi connectivity index (χ1n) is 7.08. The highest BCUT2D eigenvalue weighted by molar-refractivity contribution is 5.68. The highest BCUT2D eigenvalue weighted by Crippen LogP contribution is 2.28. The van der Waals surface area contributed by atoms with Crippen molar-refractivity contribution in [1.82, 2.24) is 4.90 Å². The molecule has 1 aliphatic rings. The van der Waals surface area contributed by atoms with E-state index in [1.807, 2.05) is 51.1 Å². The van der Waals surface area contributed by atoms with Crippen LogP contribution in [-0.2, 0) is 4.74 Å². The van der Waals surface area contributed by atoms with E-state index in [1.54, 1.807) is 4.90 Å². The maximum Gasteiger partial charge on any atom is 0.410 e. The molecule has 0 spiro atoms. The first kappa shape index (κ1) is 14.9. The Morgan fingerprint density at radius 1 is 1.30 bits per heavy atom. The Labute approximate surface area is 120 Å². The van der Waals surface area contributed by atoms with Crippen molar-refractivity contribution in [1.29, 1.82) is 0 Å². The molecule has 2 atom stereocenters. The van der Waals surface area contributed by atoms with E-state index in [4.69, 9.17) is 4.74 Å². The summed E-state index contributed by atoms with van der Waals surface area (Å²) in [7, 11) is 0. The van der Waals surface area contributed by atoms with Crippen molar-refractivity contribution in [3.05, 3.63) is 35.9 Å². The van der Waals surface area contributed by atoms with Crippen LogP contribution in [0.1, 0.15) is 38.7 Å². The normalized spacial score (nSPS) is 23.5. The fraction of sp³-hybridized carbons (Fsp3) is 0.562. The second-order valence-corrected chi connectivity index (χ2v) is 6.30. The lowest BCUT2D eigenvalue weighted by atomic mass is 9.88. The van der Waals surface area contributed by atoms with Crippen LogP contribution >= 0.6 is 0 Å². The molecule has 0 radical (unpaired) electrons. The summed E-state index contributed by atoms with van der Waals surface area (Å²) < 4.78 is 5.40. The summed E-state index contributed by atoms with van der Waals surface area (Å²) in [6.07, 6.45) is -0.125. The summed E-state index contributed by atoms with van der Waals surface area (Å²) in [5.74, 6) is -0.0440. The van der Waals surface area contributed by atoms with Crippen molar-refractivity contribution in [3.63, 3.8) is 0 Å². The maximum absolute atomic E-state index is 12.1. The molecule has 1 N–H and O–H groups in total. The van der Waals surface area contributed by atoms with E-state index in [9.17, 15) is 9.90 Å².